The van der Waals surface area contributed by atoms with Crippen LogP contribution < -0.4 is 10.4 Å². The monoisotopic (exact) mass is 187 g/mol. The largest absolute Gasteiger partial charge is 0.295 e. The lowest BCUT2D eigenvalue weighted by atomic mass is 10.3. The second-order valence-electron chi connectivity index (χ2n) is 2.06. The van der Waals surface area contributed by atoms with Crippen LogP contribution in [0.3, 0.4) is 0 Å². The highest BCUT2D eigenvalue weighted by Gasteiger charge is 2.14. The summed E-state index contributed by atoms with van der Waals surface area (Å²) in [6, 6.07) is 5.95. The molecule has 1 aromatic rings. The molecule has 0 unspecified atom stereocenters. The molecule has 64 valence electrons. The third-order valence-corrected chi connectivity index (χ3v) is 1.49. The SMILES string of the molecule is NN(Cl)c1ccccc1[N+](=O)[O-]. The van der Waals surface area contributed by atoms with Crippen LogP contribution in [0.1, 0.15) is 0 Å². The van der Waals surface area contributed by atoms with Crippen LogP contribution in [0, 0.1) is 10.1 Å². The maximum absolute atomic E-state index is 10.4. The zero-order valence-corrected chi connectivity index (χ0v) is 6.73. The summed E-state index contributed by atoms with van der Waals surface area (Å²) in [5.74, 6) is 5.15. The number of hydrazine groups is 1. The van der Waals surface area contributed by atoms with E-state index in [2.05, 4.69) is 0 Å². The summed E-state index contributed by atoms with van der Waals surface area (Å²) in [6.45, 7) is 0. The van der Waals surface area contributed by atoms with E-state index in [1.54, 1.807) is 12.1 Å². The predicted molar refractivity (Wildman–Crippen MR) is 45.6 cm³/mol. The minimum Gasteiger partial charge on any atom is -0.258 e. The molecule has 0 aliphatic carbocycles. The van der Waals surface area contributed by atoms with Gasteiger partial charge in [0.25, 0.3) is 5.69 Å². The second-order valence-corrected chi connectivity index (χ2v) is 2.42. The van der Waals surface area contributed by atoms with E-state index >= 15 is 0 Å². The molecule has 0 atom stereocenters. The van der Waals surface area contributed by atoms with E-state index in [0.717, 1.165) is 0 Å². The van der Waals surface area contributed by atoms with Gasteiger partial charge in [-0.1, -0.05) is 12.1 Å². The van der Waals surface area contributed by atoms with Gasteiger partial charge in [0.05, 0.1) is 4.92 Å². The Labute approximate surface area is 73.6 Å². The Bertz CT molecular complexity index is 303. The van der Waals surface area contributed by atoms with E-state index in [1.807, 2.05) is 0 Å². The average Bonchev–Trinajstić information content (AvgIpc) is 2.04. The molecule has 0 saturated heterocycles. The zero-order chi connectivity index (χ0) is 9.14. The van der Waals surface area contributed by atoms with Gasteiger partial charge in [-0.3, -0.25) is 10.1 Å². The molecule has 0 bridgehead atoms. The fraction of sp³-hybridized carbons (Fsp3) is 0. The minimum absolute atomic E-state index is 0.116. The van der Waals surface area contributed by atoms with Crippen LogP contribution in [0.15, 0.2) is 24.3 Å². The number of nitro benzene ring substituents is 1. The van der Waals surface area contributed by atoms with Gasteiger partial charge in [-0.05, 0) is 6.07 Å². The molecule has 0 aromatic heterocycles. The Morgan fingerprint density at radius 3 is 2.50 bits per heavy atom. The normalized spacial score (nSPS) is 9.50. The molecule has 0 spiro atoms. The number of rotatable bonds is 2. The number of halogens is 1. The van der Waals surface area contributed by atoms with Crippen molar-refractivity contribution < 1.29 is 4.92 Å². The van der Waals surface area contributed by atoms with Crippen molar-refractivity contribution in [1.29, 1.82) is 0 Å². The number of anilines is 1. The van der Waals surface area contributed by atoms with Crippen molar-refractivity contribution in [1.82, 2.24) is 0 Å². The van der Waals surface area contributed by atoms with E-state index in [-0.39, 0.29) is 11.4 Å². The van der Waals surface area contributed by atoms with Crippen LogP contribution in [-0.4, -0.2) is 4.92 Å². The summed E-state index contributed by atoms with van der Waals surface area (Å²) < 4.78 is 0.693. The maximum Gasteiger partial charge on any atom is 0.295 e. The Hall–Kier alpha value is -1.33. The van der Waals surface area contributed by atoms with Crippen LogP contribution >= 0.6 is 11.8 Å². The first-order chi connectivity index (χ1) is 5.63. The first-order valence-corrected chi connectivity index (χ1v) is 3.41. The first-order valence-electron chi connectivity index (χ1n) is 3.07. The van der Waals surface area contributed by atoms with E-state index in [0.29, 0.717) is 4.53 Å². The number of hydrogen-bond donors (Lipinski definition) is 1. The molecule has 0 amide bonds. The molecule has 0 fully saturated rings. The van der Waals surface area contributed by atoms with Crippen molar-refractivity contribution in [2.24, 2.45) is 5.84 Å². The molecule has 0 heterocycles. The highest BCUT2D eigenvalue weighted by atomic mass is 35.5. The topological polar surface area (TPSA) is 72.4 Å². The van der Waals surface area contributed by atoms with Crippen molar-refractivity contribution >= 4 is 23.2 Å². The molecular formula is C6H6ClN3O2. The number of nitrogens with two attached hydrogens (primary N) is 1. The van der Waals surface area contributed by atoms with Crippen LogP contribution in [0.5, 0.6) is 0 Å². The molecule has 2 N–H and O–H groups in total. The van der Waals surface area contributed by atoms with Crippen LogP contribution in [0.4, 0.5) is 11.4 Å². The number of benzene rings is 1. The maximum atomic E-state index is 10.4. The number of nitro groups is 1. The average molecular weight is 188 g/mol. The van der Waals surface area contributed by atoms with Crippen molar-refractivity contribution in [2.45, 2.75) is 0 Å². The number of hydrogen-bond acceptors (Lipinski definition) is 4. The summed E-state index contributed by atoms with van der Waals surface area (Å²) in [7, 11) is 0. The highest BCUT2D eigenvalue weighted by Crippen LogP contribution is 2.26. The molecule has 1 rings (SSSR count). The fourth-order valence-electron chi connectivity index (χ4n) is 0.799. The van der Waals surface area contributed by atoms with Crippen LogP contribution in [0.25, 0.3) is 0 Å². The lowest BCUT2D eigenvalue weighted by Crippen LogP contribution is -2.19. The molecule has 0 aliphatic rings. The lowest BCUT2D eigenvalue weighted by molar-refractivity contribution is -0.384. The summed E-state index contributed by atoms with van der Waals surface area (Å²) >= 11 is 5.36. The van der Waals surface area contributed by atoms with Crippen LogP contribution in [-0.2, 0) is 0 Å². The van der Waals surface area contributed by atoms with Gasteiger partial charge in [-0.15, -0.1) is 0 Å². The zero-order valence-electron chi connectivity index (χ0n) is 5.98. The summed E-state index contributed by atoms with van der Waals surface area (Å²) in [5, 5.41) is 10.4. The highest BCUT2D eigenvalue weighted by molar-refractivity contribution is 6.25. The molecule has 0 radical (unpaired) electrons. The Morgan fingerprint density at radius 1 is 1.50 bits per heavy atom. The van der Waals surface area contributed by atoms with Gasteiger partial charge in [-0.25, -0.2) is 10.4 Å². The molecule has 1 aromatic carbocycles. The smallest absolute Gasteiger partial charge is 0.258 e. The summed E-state index contributed by atoms with van der Waals surface area (Å²) in [4.78, 5) is 9.85. The van der Waals surface area contributed by atoms with Gasteiger partial charge in [0.2, 0.25) is 0 Å². The second kappa shape index (κ2) is 3.38. The van der Waals surface area contributed by atoms with Gasteiger partial charge in [-0.2, -0.15) is 0 Å². The first kappa shape index (κ1) is 8.76. The van der Waals surface area contributed by atoms with E-state index in [4.69, 9.17) is 17.6 Å². The third kappa shape index (κ3) is 1.63. The number of nitrogens with zero attached hydrogens (tertiary/aromatic N) is 2. The molecule has 5 nitrogen and oxygen atoms in total. The van der Waals surface area contributed by atoms with Crippen molar-refractivity contribution in [3.63, 3.8) is 0 Å². The summed E-state index contributed by atoms with van der Waals surface area (Å²) in [5.41, 5.74) is 0.0548. The third-order valence-electron chi connectivity index (χ3n) is 1.31. The molecule has 12 heavy (non-hydrogen) atoms. The van der Waals surface area contributed by atoms with E-state index in [1.165, 1.54) is 12.1 Å². The number of para-hydroxylation sites is 2. The molecular weight excluding hydrogens is 182 g/mol. The molecule has 6 heteroatoms. The van der Waals surface area contributed by atoms with Crippen molar-refractivity contribution in [3.8, 4) is 0 Å². The van der Waals surface area contributed by atoms with Crippen LogP contribution in [0.2, 0.25) is 0 Å². The van der Waals surface area contributed by atoms with Gasteiger partial charge in [0, 0.05) is 17.8 Å². The van der Waals surface area contributed by atoms with Gasteiger partial charge in [0.1, 0.15) is 5.69 Å². The molecule has 0 saturated carbocycles. The van der Waals surface area contributed by atoms with Crippen molar-refractivity contribution in [3.05, 3.63) is 34.4 Å². The van der Waals surface area contributed by atoms with Gasteiger partial charge in [0.15, 0.2) is 0 Å². The summed E-state index contributed by atoms with van der Waals surface area (Å²) in [6.07, 6.45) is 0. The Balaban J connectivity index is 3.17. The minimum atomic E-state index is -0.544. The van der Waals surface area contributed by atoms with E-state index < -0.39 is 4.92 Å². The predicted octanol–water partition coefficient (Wildman–Crippen LogP) is 1.43. The Morgan fingerprint density at radius 2 is 2.08 bits per heavy atom. The lowest BCUT2D eigenvalue weighted by Gasteiger charge is -2.07. The van der Waals surface area contributed by atoms with Crippen molar-refractivity contribution in [2.75, 3.05) is 4.53 Å². The van der Waals surface area contributed by atoms with E-state index in [9.17, 15) is 10.1 Å². The fourth-order valence-corrected chi connectivity index (χ4v) is 0.942. The van der Waals surface area contributed by atoms with Gasteiger partial charge < -0.3 is 0 Å². The standard InChI is InChI=1S/C6H6ClN3O2/c7-9(8)5-3-1-2-4-6(5)10(11)12/h1-4H,8H2. The van der Waals surface area contributed by atoms with Gasteiger partial charge >= 0.3 is 0 Å². The quantitative estimate of drug-likeness (QED) is 0.329. The molecule has 0 aliphatic heterocycles. The Kier molecular flexibility index (Phi) is 2.47.